The molecule has 0 saturated carbocycles. The summed E-state index contributed by atoms with van der Waals surface area (Å²) in [6.07, 6.45) is 4.49. The average molecular weight is 345 g/mol. The Morgan fingerprint density at radius 2 is 1.64 bits per heavy atom. The Bertz CT molecular complexity index is 618. The van der Waals surface area contributed by atoms with Crippen molar-refractivity contribution in [2.75, 3.05) is 44.7 Å². The zero-order valence-electron chi connectivity index (χ0n) is 14.9. The molecule has 2 fully saturated rings. The van der Waals surface area contributed by atoms with Crippen molar-refractivity contribution in [3.8, 4) is 0 Å². The maximum absolute atomic E-state index is 12.8. The third-order valence-corrected chi connectivity index (χ3v) is 5.00. The van der Waals surface area contributed by atoms with Crippen LogP contribution in [0.15, 0.2) is 18.2 Å². The van der Waals surface area contributed by atoms with Crippen LogP contribution in [0.1, 0.15) is 41.6 Å². The monoisotopic (exact) mass is 345 g/mol. The Hall–Kier alpha value is -2.08. The Kier molecular flexibility index (Phi) is 5.91. The number of carbonyl (C=O) groups is 2. The Labute approximate surface area is 149 Å². The van der Waals surface area contributed by atoms with Gasteiger partial charge in [0.2, 0.25) is 0 Å². The van der Waals surface area contributed by atoms with Crippen LogP contribution in [0.5, 0.6) is 0 Å². The highest BCUT2D eigenvalue weighted by atomic mass is 16.5. The summed E-state index contributed by atoms with van der Waals surface area (Å²) in [6.45, 7) is 5.89. The largest absolute Gasteiger partial charge is 0.378 e. The van der Waals surface area contributed by atoms with Gasteiger partial charge in [-0.05, 0) is 37.5 Å². The zero-order valence-corrected chi connectivity index (χ0v) is 14.9. The van der Waals surface area contributed by atoms with Gasteiger partial charge in [-0.25, -0.2) is 4.79 Å². The number of benzene rings is 1. The first-order valence-electron chi connectivity index (χ1n) is 9.19. The lowest BCUT2D eigenvalue weighted by molar-refractivity contribution is 0.0302. The molecule has 2 saturated heterocycles. The van der Waals surface area contributed by atoms with Gasteiger partial charge in [0.15, 0.2) is 0 Å². The molecule has 0 aromatic heterocycles. The average Bonchev–Trinajstić information content (AvgIpc) is 2.93. The fraction of sp³-hybridized carbons (Fsp3) is 0.579. The third-order valence-electron chi connectivity index (χ3n) is 5.00. The molecular formula is C19H27N3O3. The fourth-order valence-corrected chi connectivity index (χ4v) is 3.41. The SMILES string of the molecule is Cc1c(NC(=O)N2CCCCCC2)cccc1C(=O)N1CCOCC1. The zero-order chi connectivity index (χ0) is 17.6. The molecule has 2 heterocycles. The van der Waals surface area contributed by atoms with Crippen LogP contribution in [-0.2, 0) is 4.74 Å². The number of likely N-dealkylation sites (tertiary alicyclic amines) is 1. The van der Waals surface area contributed by atoms with Crippen LogP contribution >= 0.6 is 0 Å². The van der Waals surface area contributed by atoms with Gasteiger partial charge in [-0.1, -0.05) is 18.9 Å². The van der Waals surface area contributed by atoms with E-state index in [-0.39, 0.29) is 11.9 Å². The highest BCUT2D eigenvalue weighted by Gasteiger charge is 2.22. The van der Waals surface area contributed by atoms with Gasteiger partial charge in [0, 0.05) is 37.4 Å². The number of nitrogens with one attached hydrogen (secondary N) is 1. The first-order valence-corrected chi connectivity index (χ1v) is 9.19. The molecule has 3 amide bonds. The van der Waals surface area contributed by atoms with Gasteiger partial charge in [-0.3, -0.25) is 4.79 Å². The minimum Gasteiger partial charge on any atom is -0.378 e. The van der Waals surface area contributed by atoms with Crippen molar-refractivity contribution in [1.29, 1.82) is 0 Å². The Morgan fingerprint density at radius 3 is 2.32 bits per heavy atom. The number of anilines is 1. The molecule has 0 radical (unpaired) electrons. The summed E-state index contributed by atoms with van der Waals surface area (Å²) in [5, 5.41) is 3.00. The van der Waals surface area contributed by atoms with Crippen molar-refractivity contribution in [1.82, 2.24) is 9.80 Å². The lowest BCUT2D eigenvalue weighted by Crippen LogP contribution is -2.41. The van der Waals surface area contributed by atoms with E-state index in [1.54, 1.807) is 0 Å². The first kappa shape index (κ1) is 17.7. The fourth-order valence-electron chi connectivity index (χ4n) is 3.41. The highest BCUT2D eigenvalue weighted by molar-refractivity contribution is 5.99. The molecule has 1 aromatic carbocycles. The third kappa shape index (κ3) is 4.31. The molecule has 0 atom stereocenters. The lowest BCUT2D eigenvalue weighted by Gasteiger charge is -2.28. The molecule has 0 bridgehead atoms. The molecule has 1 N–H and O–H groups in total. The van der Waals surface area contributed by atoms with Crippen LogP contribution in [-0.4, -0.2) is 61.1 Å². The van der Waals surface area contributed by atoms with Crippen molar-refractivity contribution < 1.29 is 14.3 Å². The van der Waals surface area contributed by atoms with Crippen molar-refractivity contribution >= 4 is 17.6 Å². The van der Waals surface area contributed by atoms with E-state index in [0.29, 0.717) is 37.6 Å². The Morgan fingerprint density at radius 1 is 0.960 bits per heavy atom. The number of amides is 3. The normalized spacial score (nSPS) is 18.6. The summed E-state index contributed by atoms with van der Waals surface area (Å²) in [6, 6.07) is 5.45. The van der Waals surface area contributed by atoms with E-state index in [1.807, 2.05) is 34.9 Å². The number of carbonyl (C=O) groups excluding carboxylic acids is 2. The van der Waals surface area contributed by atoms with E-state index in [4.69, 9.17) is 4.74 Å². The molecule has 2 aliphatic heterocycles. The van der Waals surface area contributed by atoms with Crippen molar-refractivity contribution in [3.63, 3.8) is 0 Å². The van der Waals surface area contributed by atoms with Crippen LogP contribution in [0.3, 0.4) is 0 Å². The van der Waals surface area contributed by atoms with Crippen molar-refractivity contribution in [2.24, 2.45) is 0 Å². The van der Waals surface area contributed by atoms with Crippen LogP contribution in [0, 0.1) is 6.92 Å². The summed E-state index contributed by atoms with van der Waals surface area (Å²) < 4.78 is 5.31. The standard InChI is InChI=1S/C19H27N3O3/c1-15-16(18(23)21-11-13-25-14-12-21)7-6-8-17(15)20-19(24)22-9-4-2-3-5-10-22/h6-8H,2-5,9-14H2,1H3,(H,20,24). The van der Waals surface area contributed by atoms with E-state index in [0.717, 1.165) is 31.5 Å². The minimum atomic E-state index is -0.0685. The maximum Gasteiger partial charge on any atom is 0.321 e. The number of rotatable bonds is 2. The van der Waals surface area contributed by atoms with E-state index >= 15 is 0 Å². The topological polar surface area (TPSA) is 61.9 Å². The van der Waals surface area contributed by atoms with E-state index in [2.05, 4.69) is 5.32 Å². The van der Waals surface area contributed by atoms with E-state index in [9.17, 15) is 9.59 Å². The molecule has 3 rings (SSSR count). The molecule has 6 heteroatoms. The summed E-state index contributed by atoms with van der Waals surface area (Å²) in [5.74, 6) is 0.00618. The number of morpholine rings is 1. The van der Waals surface area contributed by atoms with Crippen molar-refractivity contribution in [2.45, 2.75) is 32.6 Å². The second kappa shape index (κ2) is 8.34. The molecular weight excluding hydrogens is 318 g/mol. The first-order chi connectivity index (χ1) is 12.2. The van der Waals surface area contributed by atoms with Crippen molar-refractivity contribution in [3.05, 3.63) is 29.3 Å². The minimum absolute atomic E-state index is 0.00618. The lowest BCUT2D eigenvalue weighted by atomic mass is 10.1. The molecule has 0 spiro atoms. The number of nitrogens with zero attached hydrogens (tertiary/aromatic N) is 2. The van der Waals surface area contributed by atoms with Gasteiger partial charge in [0.1, 0.15) is 0 Å². The van der Waals surface area contributed by atoms with Crippen LogP contribution in [0.25, 0.3) is 0 Å². The molecule has 2 aliphatic rings. The molecule has 25 heavy (non-hydrogen) atoms. The summed E-state index contributed by atoms with van der Waals surface area (Å²) in [5.41, 5.74) is 2.19. The van der Waals surface area contributed by atoms with Gasteiger partial charge in [0.25, 0.3) is 5.91 Å². The number of hydrogen-bond acceptors (Lipinski definition) is 3. The predicted molar refractivity (Wildman–Crippen MR) is 97.0 cm³/mol. The van der Waals surface area contributed by atoms with Crippen LogP contribution in [0.4, 0.5) is 10.5 Å². The quantitative estimate of drug-likeness (QED) is 0.896. The summed E-state index contributed by atoms with van der Waals surface area (Å²) in [7, 11) is 0. The second-order valence-electron chi connectivity index (χ2n) is 6.71. The summed E-state index contributed by atoms with van der Waals surface area (Å²) >= 11 is 0. The predicted octanol–water partition coefficient (Wildman–Crippen LogP) is 2.88. The molecule has 1 aromatic rings. The van der Waals surface area contributed by atoms with Gasteiger partial charge < -0.3 is 19.9 Å². The maximum atomic E-state index is 12.8. The number of urea groups is 1. The molecule has 0 unspecified atom stereocenters. The van der Waals surface area contributed by atoms with Crippen LogP contribution in [0.2, 0.25) is 0 Å². The molecule has 6 nitrogen and oxygen atoms in total. The second-order valence-corrected chi connectivity index (χ2v) is 6.71. The van der Waals surface area contributed by atoms with E-state index in [1.165, 1.54) is 12.8 Å². The number of hydrogen-bond donors (Lipinski definition) is 1. The highest BCUT2D eigenvalue weighted by Crippen LogP contribution is 2.22. The summed E-state index contributed by atoms with van der Waals surface area (Å²) in [4.78, 5) is 29.0. The van der Waals surface area contributed by atoms with Crippen LogP contribution < -0.4 is 5.32 Å². The van der Waals surface area contributed by atoms with Gasteiger partial charge in [-0.15, -0.1) is 0 Å². The van der Waals surface area contributed by atoms with E-state index < -0.39 is 0 Å². The molecule has 136 valence electrons. The molecule has 0 aliphatic carbocycles. The van der Waals surface area contributed by atoms with Gasteiger partial charge in [-0.2, -0.15) is 0 Å². The number of ether oxygens (including phenoxy) is 1. The smallest absolute Gasteiger partial charge is 0.321 e. The van der Waals surface area contributed by atoms with Gasteiger partial charge >= 0.3 is 6.03 Å². The Balaban J connectivity index is 1.71. The van der Waals surface area contributed by atoms with Gasteiger partial charge in [0.05, 0.1) is 13.2 Å².